The van der Waals surface area contributed by atoms with Gasteiger partial charge in [-0.2, -0.15) is 0 Å². The Hall–Kier alpha value is -2.63. The molecule has 4 rings (SSSR count). The molecule has 5 heteroatoms. The van der Waals surface area contributed by atoms with Crippen LogP contribution in [0.1, 0.15) is 58.9 Å². The van der Waals surface area contributed by atoms with Crippen molar-refractivity contribution in [2.75, 3.05) is 5.32 Å². The lowest BCUT2D eigenvalue weighted by Gasteiger charge is -2.22. The largest absolute Gasteiger partial charge is 0.322 e. The van der Waals surface area contributed by atoms with E-state index in [-0.39, 0.29) is 11.3 Å². The van der Waals surface area contributed by atoms with E-state index in [0.29, 0.717) is 5.56 Å². The maximum atomic E-state index is 12.5. The van der Waals surface area contributed by atoms with Crippen LogP contribution in [0.4, 0.5) is 5.69 Å². The molecule has 0 fully saturated rings. The molecule has 0 saturated carbocycles. The van der Waals surface area contributed by atoms with Crippen LogP contribution in [0.2, 0.25) is 0 Å². The van der Waals surface area contributed by atoms with Crippen LogP contribution in [0, 0.1) is 20.8 Å². The molecular formula is C28H30N2OS2. The standard InChI is InChI=1S/C28H30N2OS2/c1-17-7-9-20(10-8-17)26(31)29-22-11-12-24-25(15-22)33-27(30-24)32-16-23-18(2)13-21(14-19(23)3)28(4,5)6/h7-15H,16H2,1-6H3,(H,29,31). The lowest BCUT2D eigenvalue weighted by atomic mass is 9.84. The Morgan fingerprint density at radius 1 is 0.970 bits per heavy atom. The number of amides is 1. The molecule has 170 valence electrons. The third-order valence-electron chi connectivity index (χ3n) is 5.84. The summed E-state index contributed by atoms with van der Waals surface area (Å²) < 4.78 is 2.13. The molecule has 3 aromatic carbocycles. The van der Waals surface area contributed by atoms with Crippen LogP contribution in [0.15, 0.2) is 58.9 Å². The predicted molar refractivity (Wildman–Crippen MR) is 143 cm³/mol. The van der Waals surface area contributed by atoms with Crippen molar-refractivity contribution < 1.29 is 4.79 Å². The molecular weight excluding hydrogens is 444 g/mol. The Balaban J connectivity index is 1.48. The number of hydrogen-bond donors (Lipinski definition) is 1. The number of aryl methyl sites for hydroxylation is 3. The highest BCUT2D eigenvalue weighted by molar-refractivity contribution is 8.00. The summed E-state index contributed by atoms with van der Waals surface area (Å²) in [6.07, 6.45) is 0. The highest BCUT2D eigenvalue weighted by Gasteiger charge is 2.17. The number of benzene rings is 3. The van der Waals surface area contributed by atoms with Gasteiger partial charge in [0.05, 0.1) is 10.2 Å². The average molecular weight is 475 g/mol. The molecule has 4 aromatic rings. The van der Waals surface area contributed by atoms with Gasteiger partial charge in [-0.3, -0.25) is 4.79 Å². The SMILES string of the molecule is Cc1ccc(C(=O)Nc2ccc3nc(SCc4c(C)cc(C(C)(C)C)cc4C)sc3c2)cc1. The summed E-state index contributed by atoms with van der Waals surface area (Å²) in [6.45, 7) is 13.2. The number of thiazole rings is 1. The van der Waals surface area contributed by atoms with Crippen molar-refractivity contribution in [3.8, 4) is 0 Å². The zero-order valence-electron chi connectivity index (χ0n) is 20.1. The molecule has 0 saturated heterocycles. The molecule has 33 heavy (non-hydrogen) atoms. The van der Waals surface area contributed by atoms with Crippen LogP contribution < -0.4 is 5.32 Å². The van der Waals surface area contributed by atoms with E-state index < -0.39 is 0 Å². The van der Waals surface area contributed by atoms with Gasteiger partial charge in [-0.15, -0.1) is 11.3 Å². The van der Waals surface area contributed by atoms with Gasteiger partial charge in [0.25, 0.3) is 5.91 Å². The summed E-state index contributed by atoms with van der Waals surface area (Å²) in [5.74, 6) is 0.803. The number of nitrogens with zero attached hydrogens (tertiary/aromatic N) is 1. The number of hydrogen-bond acceptors (Lipinski definition) is 4. The van der Waals surface area contributed by atoms with Crippen molar-refractivity contribution in [1.29, 1.82) is 0 Å². The summed E-state index contributed by atoms with van der Waals surface area (Å²) in [6, 6.07) is 18.2. The minimum Gasteiger partial charge on any atom is -0.322 e. The molecule has 1 heterocycles. The van der Waals surface area contributed by atoms with Gasteiger partial charge in [-0.1, -0.05) is 62.4 Å². The number of thioether (sulfide) groups is 1. The number of fused-ring (bicyclic) bond motifs is 1. The van der Waals surface area contributed by atoms with Crippen LogP contribution in [-0.4, -0.2) is 10.9 Å². The monoisotopic (exact) mass is 474 g/mol. The first-order chi connectivity index (χ1) is 15.6. The van der Waals surface area contributed by atoms with Crippen molar-refractivity contribution >= 4 is 44.9 Å². The van der Waals surface area contributed by atoms with E-state index in [1.54, 1.807) is 23.1 Å². The fraction of sp³-hybridized carbons (Fsp3) is 0.286. The maximum absolute atomic E-state index is 12.5. The highest BCUT2D eigenvalue weighted by Crippen LogP contribution is 2.35. The molecule has 0 unspecified atom stereocenters. The molecule has 0 atom stereocenters. The summed E-state index contributed by atoms with van der Waals surface area (Å²) in [5.41, 5.74) is 9.16. The van der Waals surface area contributed by atoms with Gasteiger partial charge in [0.2, 0.25) is 0 Å². The molecule has 1 aromatic heterocycles. The highest BCUT2D eigenvalue weighted by atomic mass is 32.2. The molecule has 0 aliphatic rings. The topological polar surface area (TPSA) is 42.0 Å². The number of carbonyl (C=O) groups is 1. The van der Waals surface area contributed by atoms with Crippen LogP contribution in [0.5, 0.6) is 0 Å². The van der Waals surface area contributed by atoms with Crippen molar-refractivity contribution in [2.24, 2.45) is 0 Å². The summed E-state index contributed by atoms with van der Waals surface area (Å²) in [5, 5.41) is 3.00. The smallest absolute Gasteiger partial charge is 0.255 e. The zero-order chi connectivity index (χ0) is 23.8. The minimum absolute atomic E-state index is 0.0990. The summed E-state index contributed by atoms with van der Waals surface area (Å²) in [4.78, 5) is 17.3. The number of aromatic nitrogens is 1. The van der Waals surface area contributed by atoms with E-state index in [9.17, 15) is 4.79 Å². The summed E-state index contributed by atoms with van der Waals surface area (Å²) >= 11 is 3.45. The van der Waals surface area contributed by atoms with Gasteiger partial charge >= 0.3 is 0 Å². The quantitative estimate of drug-likeness (QED) is 0.297. The molecule has 1 amide bonds. The molecule has 0 spiro atoms. The summed E-state index contributed by atoms with van der Waals surface area (Å²) in [7, 11) is 0. The van der Waals surface area contributed by atoms with Crippen molar-refractivity contribution in [1.82, 2.24) is 4.98 Å². The van der Waals surface area contributed by atoms with Crippen molar-refractivity contribution in [3.05, 3.63) is 88.0 Å². The van der Waals surface area contributed by atoms with Gasteiger partial charge in [-0.25, -0.2) is 4.98 Å². The molecule has 1 N–H and O–H groups in total. The normalized spacial score (nSPS) is 11.7. The second kappa shape index (κ2) is 9.32. The fourth-order valence-electron chi connectivity index (χ4n) is 3.74. The van der Waals surface area contributed by atoms with Gasteiger partial charge in [0.15, 0.2) is 4.34 Å². The van der Waals surface area contributed by atoms with E-state index in [0.717, 1.165) is 31.6 Å². The second-order valence-electron chi connectivity index (χ2n) is 9.61. The van der Waals surface area contributed by atoms with E-state index >= 15 is 0 Å². The average Bonchev–Trinajstić information content (AvgIpc) is 3.15. The van der Waals surface area contributed by atoms with E-state index in [1.807, 2.05) is 49.4 Å². The Bertz CT molecular complexity index is 1290. The molecule has 0 radical (unpaired) electrons. The first-order valence-electron chi connectivity index (χ1n) is 11.1. The first-order valence-corrected chi connectivity index (χ1v) is 12.9. The molecule has 0 aliphatic heterocycles. The molecule has 0 aliphatic carbocycles. The minimum atomic E-state index is -0.0990. The lowest BCUT2D eigenvalue weighted by molar-refractivity contribution is 0.102. The van der Waals surface area contributed by atoms with Gasteiger partial charge in [-0.05, 0) is 78.8 Å². The maximum Gasteiger partial charge on any atom is 0.255 e. The van der Waals surface area contributed by atoms with Crippen LogP contribution in [0.25, 0.3) is 10.2 Å². The first kappa shape index (κ1) is 23.5. The third kappa shape index (κ3) is 5.48. The van der Waals surface area contributed by atoms with E-state index in [1.165, 1.54) is 22.3 Å². The van der Waals surface area contributed by atoms with Crippen molar-refractivity contribution in [3.63, 3.8) is 0 Å². The Morgan fingerprint density at radius 3 is 2.27 bits per heavy atom. The second-order valence-corrected chi connectivity index (χ2v) is 11.9. The predicted octanol–water partition coefficient (Wildman–Crippen LogP) is 8.06. The van der Waals surface area contributed by atoms with Crippen LogP contribution in [-0.2, 0) is 11.2 Å². The van der Waals surface area contributed by atoms with Gasteiger partial charge in [0, 0.05) is 17.0 Å². The number of rotatable bonds is 5. The third-order valence-corrected chi connectivity index (χ3v) is 8.03. The molecule has 3 nitrogen and oxygen atoms in total. The zero-order valence-corrected chi connectivity index (χ0v) is 21.7. The Labute approximate surface area is 204 Å². The van der Waals surface area contributed by atoms with E-state index in [2.05, 4.69) is 52.1 Å². The number of nitrogens with one attached hydrogen (secondary N) is 1. The Morgan fingerprint density at radius 2 is 1.64 bits per heavy atom. The van der Waals surface area contributed by atoms with Gasteiger partial charge < -0.3 is 5.32 Å². The Kier molecular flexibility index (Phi) is 6.64. The lowest BCUT2D eigenvalue weighted by Crippen LogP contribution is -2.12. The van der Waals surface area contributed by atoms with E-state index in [4.69, 9.17) is 4.98 Å². The van der Waals surface area contributed by atoms with Gasteiger partial charge in [0.1, 0.15) is 0 Å². The van der Waals surface area contributed by atoms with Crippen molar-refractivity contribution in [2.45, 2.75) is 57.0 Å². The van der Waals surface area contributed by atoms with Crippen LogP contribution >= 0.6 is 23.1 Å². The molecule has 0 bridgehead atoms. The van der Waals surface area contributed by atoms with Crippen LogP contribution in [0.3, 0.4) is 0 Å². The number of anilines is 1. The number of carbonyl (C=O) groups excluding carboxylic acids is 1. The fourth-order valence-corrected chi connectivity index (χ4v) is 6.04.